The van der Waals surface area contributed by atoms with Gasteiger partial charge in [-0.1, -0.05) is 26.0 Å². The van der Waals surface area contributed by atoms with Crippen LogP contribution in [-0.4, -0.2) is 18.0 Å². The molecular weight excluding hydrogens is 276 g/mol. The lowest BCUT2D eigenvalue weighted by Gasteiger charge is -2.14. The van der Waals surface area contributed by atoms with E-state index >= 15 is 0 Å². The Morgan fingerprint density at radius 2 is 2.05 bits per heavy atom. The third kappa shape index (κ3) is 4.32. The average Bonchev–Trinajstić information content (AvgIpc) is 2.54. The van der Waals surface area contributed by atoms with Crippen LogP contribution in [0.1, 0.15) is 35.5 Å². The van der Waals surface area contributed by atoms with Crippen LogP contribution in [0.2, 0.25) is 0 Å². The van der Waals surface area contributed by atoms with Gasteiger partial charge in [0, 0.05) is 12.7 Å². The molecule has 0 fully saturated rings. The van der Waals surface area contributed by atoms with Crippen LogP contribution in [0, 0.1) is 5.92 Å². The Bertz CT molecular complexity index is 624. The van der Waals surface area contributed by atoms with Crippen molar-refractivity contribution < 1.29 is 9.53 Å². The predicted molar refractivity (Wildman–Crippen MR) is 86.9 cm³/mol. The maximum Gasteiger partial charge on any atom is 0.270 e. The summed E-state index contributed by atoms with van der Waals surface area (Å²) in [6.07, 6.45) is 2.59. The maximum atomic E-state index is 12.1. The Kier molecular flexibility index (Phi) is 5.53. The number of rotatable bonds is 6. The summed E-state index contributed by atoms with van der Waals surface area (Å²) in [5.74, 6) is 1.19. The second-order valence-corrected chi connectivity index (χ2v) is 5.63. The standard InChI is InChI=1S/C18H22N2O2/c1-13(2)10-14-7-8-16(22-3)11-15(14)12-20-18(21)17-6-4-5-9-19-17/h4-9,11,13H,10,12H2,1-3H3,(H,20,21). The summed E-state index contributed by atoms with van der Waals surface area (Å²) >= 11 is 0. The first-order chi connectivity index (χ1) is 10.6. The number of benzene rings is 1. The van der Waals surface area contributed by atoms with Crippen LogP contribution in [0.3, 0.4) is 0 Å². The molecular formula is C18H22N2O2. The minimum Gasteiger partial charge on any atom is -0.497 e. The van der Waals surface area contributed by atoms with E-state index < -0.39 is 0 Å². The minimum absolute atomic E-state index is 0.168. The lowest BCUT2D eigenvalue weighted by molar-refractivity contribution is 0.0946. The molecule has 0 atom stereocenters. The van der Waals surface area contributed by atoms with Crippen molar-refractivity contribution in [3.63, 3.8) is 0 Å². The zero-order valence-corrected chi connectivity index (χ0v) is 13.3. The van der Waals surface area contributed by atoms with Gasteiger partial charge in [-0.25, -0.2) is 0 Å². The molecule has 0 saturated carbocycles. The first-order valence-corrected chi connectivity index (χ1v) is 7.45. The van der Waals surface area contributed by atoms with Gasteiger partial charge in [0.1, 0.15) is 11.4 Å². The molecule has 4 heteroatoms. The third-order valence-electron chi connectivity index (χ3n) is 3.38. The molecule has 0 spiro atoms. The van der Waals surface area contributed by atoms with Gasteiger partial charge in [-0.3, -0.25) is 9.78 Å². The summed E-state index contributed by atoms with van der Waals surface area (Å²) in [7, 11) is 1.65. The van der Waals surface area contributed by atoms with Crippen LogP contribution in [0.4, 0.5) is 0 Å². The number of nitrogens with one attached hydrogen (secondary N) is 1. The highest BCUT2D eigenvalue weighted by molar-refractivity contribution is 5.92. The van der Waals surface area contributed by atoms with Gasteiger partial charge in [0.25, 0.3) is 5.91 Å². The van der Waals surface area contributed by atoms with Gasteiger partial charge in [0.05, 0.1) is 7.11 Å². The van der Waals surface area contributed by atoms with Crippen LogP contribution in [0.25, 0.3) is 0 Å². The molecule has 116 valence electrons. The van der Waals surface area contributed by atoms with Crippen LogP contribution >= 0.6 is 0 Å². The van der Waals surface area contributed by atoms with Crippen LogP contribution in [-0.2, 0) is 13.0 Å². The van der Waals surface area contributed by atoms with E-state index in [2.05, 4.69) is 30.2 Å². The summed E-state index contributed by atoms with van der Waals surface area (Å²) < 4.78 is 5.28. The van der Waals surface area contributed by atoms with E-state index in [1.54, 1.807) is 31.5 Å². The summed E-state index contributed by atoms with van der Waals surface area (Å²) in [6.45, 7) is 4.83. The summed E-state index contributed by atoms with van der Waals surface area (Å²) in [4.78, 5) is 16.2. The Balaban J connectivity index is 2.12. The van der Waals surface area contributed by atoms with Crippen molar-refractivity contribution >= 4 is 5.91 Å². The monoisotopic (exact) mass is 298 g/mol. The Morgan fingerprint density at radius 1 is 1.23 bits per heavy atom. The lowest BCUT2D eigenvalue weighted by Crippen LogP contribution is -2.24. The van der Waals surface area contributed by atoms with E-state index in [4.69, 9.17) is 4.74 Å². The predicted octanol–water partition coefficient (Wildman–Crippen LogP) is 3.22. The molecule has 0 bridgehead atoms. The SMILES string of the molecule is COc1ccc(CC(C)C)c(CNC(=O)c2ccccn2)c1. The number of hydrogen-bond donors (Lipinski definition) is 1. The number of aromatic nitrogens is 1. The molecule has 0 radical (unpaired) electrons. The van der Waals surface area contributed by atoms with E-state index in [0.717, 1.165) is 17.7 Å². The topological polar surface area (TPSA) is 51.2 Å². The highest BCUT2D eigenvalue weighted by Gasteiger charge is 2.10. The molecule has 1 aromatic carbocycles. The normalized spacial score (nSPS) is 10.5. The van der Waals surface area contributed by atoms with E-state index in [1.165, 1.54) is 5.56 Å². The summed E-state index contributed by atoms with van der Waals surface area (Å²) in [5.41, 5.74) is 2.74. The van der Waals surface area contributed by atoms with Crippen molar-refractivity contribution in [3.8, 4) is 5.75 Å². The van der Waals surface area contributed by atoms with Crippen molar-refractivity contribution in [2.24, 2.45) is 5.92 Å². The molecule has 1 aromatic heterocycles. The van der Waals surface area contributed by atoms with E-state index in [9.17, 15) is 4.79 Å². The van der Waals surface area contributed by atoms with Gasteiger partial charge < -0.3 is 10.1 Å². The summed E-state index contributed by atoms with van der Waals surface area (Å²) in [5, 5.41) is 2.92. The Hall–Kier alpha value is -2.36. The third-order valence-corrected chi connectivity index (χ3v) is 3.38. The zero-order chi connectivity index (χ0) is 15.9. The number of ether oxygens (including phenoxy) is 1. The number of pyridine rings is 1. The fraction of sp³-hybridized carbons (Fsp3) is 0.333. The van der Waals surface area contributed by atoms with Crippen LogP contribution in [0.5, 0.6) is 5.75 Å². The van der Waals surface area contributed by atoms with Gasteiger partial charge >= 0.3 is 0 Å². The number of amides is 1. The average molecular weight is 298 g/mol. The van der Waals surface area contributed by atoms with E-state index in [-0.39, 0.29) is 5.91 Å². The Morgan fingerprint density at radius 3 is 2.68 bits per heavy atom. The highest BCUT2D eigenvalue weighted by Crippen LogP contribution is 2.20. The van der Waals surface area contributed by atoms with E-state index in [0.29, 0.717) is 18.2 Å². The number of nitrogens with zero attached hydrogens (tertiary/aromatic N) is 1. The second kappa shape index (κ2) is 7.59. The van der Waals surface area contributed by atoms with Gasteiger partial charge in [-0.15, -0.1) is 0 Å². The number of carbonyl (C=O) groups is 1. The Labute approximate surface area is 131 Å². The second-order valence-electron chi connectivity index (χ2n) is 5.63. The minimum atomic E-state index is -0.168. The van der Waals surface area contributed by atoms with Gasteiger partial charge in [-0.05, 0) is 47.7 Å². The maximum absolute atomic E-state index is 12.1. The molecule has 0 unspecified atom stereocenters. The molecule has 0 saturated heterocycles. The van der Waals surface area contributed by atoms with Crippen molar-refractivity contribution in [1.82, 2.24) is 10.3 Å². The summed E-state index contributed by atoms with van der Waals surface area (Å²) in [6, 6.07) is 11.3. The molecule has 1 amide bonds. The van der Waals surface area contributed by atoms with Gasteiger partial charge in [-0.2, -0.15) is 0 Å². The lowest BCUT2D eigenvalue weighted by atomic mass is 9.97. The number of carbonyl (C=O) groups excluding carboxylic acids is 1. The zero-order valence-electron chi connectivity index (χ0n) is 13.3. The van der Waals surface area contributed by atoms with Crippen LogP contribution in [0.15, 0.2) is 42.6 Å². The first kappa shape index (κ1) is 16.0. The van der Waals surface area contributed by atoms with Crippen LogP contribution < -0.4 is 10.1 Å². The number of hydrogen-bond acceptors (Lipinski definition) is 3. The van der Waals surface area contributed by atoms with Gasteiger partial charge in [0.2, 0.25) is 0 Å². The first-order valence-electron chi connectivity index (χ1n) is 7.45. The molecule has 2 aromatic rings. The quantitative estimate of drug-likeness (QED) is 0.891. The molecule has 22 heavy (non-hydrogen) atoms. The molecule has 1 heterocycles. The highest BCUT2D eigenvalue weighted by atomic mass is 16.5. The van der Waals surface area contributed by atoms with Crippen molar-refractivity contribution in [3.05, 3.63) is 59.4 Å². The largest absolute Gasteiger partial charge is 0.497 e. The molecule has 0 aliphatic rings. The molecule has 0 aliphatic carbocycles. The fourth-order valence-electron chi connectivity index (χ4n) is 2.30. The molecule has 0 aliphatic heterocycles. The molecule has 2 rings (SSSR count). The smallest absolute Gasteiger partial charge is 0.270 e. The fourth-order valence-corrected chi connectivity index (χ4v) is 2.30. The molecule has 1 N–H and O–H groups in total. The van der Waals surface area contributed by atoms with Crippen molar-refractivity contribution in [1.29, 1.82) is 0 Å². The van der Waals surface area contributed by atoms with Crippen molar-refractivity contribution in [2.75, 3.05) is 7.11 Å². The van der Waals surface area contributed by atoms with E-state index in [1.807, 2.05) is 12.1 Å². The molecule has 4 nitrogen and oxygen atoms in total. The van der Waals surface area contributed by atoms with Crippen molar-refractivity contribution in [2.45, 2.75) is 26.8 Å². The van der Waals surface area contributed by atoms with Gasteiger partial charge in [0.15, 0.2) is 0 Å². The number of methoxy groups -OCH3 is 1.